The van der Waals surface area contributed by atoms with Crippen LogP contribution in [0.15, 0.2) is 0 Å². The Kier molecular flexibility index (Phi) is 7.01. The molecule has 0 spiro atoms. The van der Waals surface area contributed by atoms with E-state index >= 15 is 0 Å². The van der Waals surface area contributed by atoms with Crippen LogP contribution in [0.3, 0.4) is 0 Å². The first-order chi connectivity index (χ1) is 9.79. The number of carbonyl (C=O) groups excluding carboxylic acids is 1. The van der Waals surface area contributed by atoms with Gasteiger partial charge in [0.2, 0.25) is 0 Å². The molecule has 0 aromatic heterocycles. The summed E-state index contributed by atoms with van der Waals surface area (Å²) in [6.07, 6.45) is 9.22. The minimum atomic E-state index is 0.371. The van der Waals surface area contributed by atoms with Crippen LogP contribution in [0.1, 0.15) is 58.3 Å². The van der Waals surface area contributed by atoms with Crippen molar-refractivity contribution in [1.82, 2.24) is 10.2 Å². The highest BCUT2D eigenvalue weighted by molar-refractivity contribution is 5.81. The van der Waals surface area contributed by atoms with Crippen molar-refractivity contribution >= 4 is 5.78 Å². The van der Waals surface area contributed by atoms with E-state index in [-0.39, 0.29) is 0 Å². The van der Waals surface area contributed by atoms with Gasteiger partial charge in [0.25, 0.3) is 0 Å². The summed E-state index contributed by atoms with van der Waals surface area (Å²) in [4.78, 5) is 14.7. The summed E-state index contributed by atoms with van der Waals surface area (Å²) in [5.41, 5.74) is 0. The molecule has 3 heteroatoms. The maximum Gasteiger partial charge on any atom is 0.136 e. The first-order valence-electron chi connectivity index (χ1n) is 8.75. The number of Topliss-reactive ketones (excluding diaryl/α,β-unsaturated/α-hetero) is 1. The fraction of sp³-hybridized carbons (Fsp3) is 0.941. The topological polar surface area (TPSA) is 32.3 Å². The lowest BCUT2D eigenvalue weighted by atomic mass is 9.89. The van der Waals surface area contributed by atoms with Crippen molar-refractivity contribution in [2.45, 2.75) is 58.3 Å². The SMILES string of the molecule is CCCCCC(=O)C1CCN(CC2CCNCC2)CC1. The first kappa shape index (κ1) is 16.0. The molecular weight excluding hydrogens is 248 g/mol. The molecule has 0 radical (unpaired) electrons. The smallest absolute Gasteiger partial charge is 0.136 e. The standard InChI is InChI=1S/C17H32N2O/c1-2-3-4-5-17(20)16-8-12-19(13-9-16)14-15-6-10-18-11-7-15/h15-16,18H,2-14H2,1H3. The Balaban J connectivity index is 1.62. The molecule has 3 nitrogen and oxygen atoms in total. The van der Waals surface area contributed by atoms with Gasteiger partial charge in [-0.1, -0.05) is 19.8 Å². The highest BCUT2D eigenvalue weighted by Gasteiger charge is 2.26. The average Bonchev–Trinajstić information content (AvgIpc) is 2.49. The van der Waals surface area contributed by atoms with E-state index in [9.17, 15) is 4.79 Å². The molecule has 2 rings (SSSR count). The Hall–Kier alpha value is -0.410. The summed E-state index contributed by atoms with van der Waals surface area (Å²) in [5.74, 6) is 1.80. The van der Waals surface area contributed by atoms with Crippen LogP contribution in [0.4, 0.5) is 0 Å². The first-order valence-corrected chi connectivity index (χ1v) is 8.75. The molecule has 2 fully saturated rings. The van der Waals surface area contributed by atoms with Crippen molar-refractivity contribution in [3.05, 3.63) is 0 Å². The van der Waals surface area contributed by atoms with E-state index in [1.807, 2.05) is 0 Å². The number of carbonyl (C=O) groups is 1. The zero-order valence-corrected chi connectivity index (χ0v) is 13.2. The van der Waals surface area contributed by atoms with E-state index in [0.717, 1.165) is 44.7 Å². The zero-order valence-electron chi connectivity index (χ0n) is 13.2. The van der Waals surface area contributed by atoms with E-state index in [0.29, 0.717) is 11.7 Å². The van der Waals surface area contributed by atoms with Gasteiger partial charge in [-0.3, -0.25) is 4.79 Å². The van der Waals surface area contributed by atoms with E-state index in [1.54, 1.807) is 0 Å². The molecule has 0 aliphatic carbocycles. The van der Waals surface area contributed by atoms with Crippen LogP contribution in [0.5, 0.6) is 0 Å². The summed E-state index contributed by atoms with van der Waals surface area (Å²) >= 11 is 0. The van der Waals surface area contributed by atoms with Crippen LogP contribution in [0.25, 0.3) is 0 Å². The largest absolute Gasteiger partial charge is 0.317 e. The highest BCUT2D eigenvalue weighted by atomic mass is 16.1. The second kappa shape index (κ2) is 8.78. The van der Waals surface area contributed by atoms with Crippen LogP contribution in [-0.2, 0) is 4.79 Å². The molecule has 2 aliphatic rings. The van der Waals surface area contributed by atoms with Crippen LogP contribution in [0, 0.1) is 11.8 Å². The number of hydrogen-bond acceptors (Lipinski definition) is 3. The van der Waals surface area contributed by atoms with Gasteiger partial charge in [-0.25, -0.2) is 0 Å². The molecule has 0 saturated carbocycles. The summed E-state index contributed by atoms with van der Waals surface area (Å²) in [6.45, 7) is 8.14. The fourth-order valence-corrected chi connectivity index (χ4v) is 3.62. The van der Waals surface area contributed by atoms with Gasteiger partial charge in [0.15, 0.2) is 0 Å². The van der Waals surface area contributed by atoms with E-state index < -0.39 is 0 Å². The summed E-state index contributed by atoms with van der Waals surface area (Å²) in [7, 11) is 0. The molecule has 0 amide bonds. The monoisotopic (exact) mass is 280 g/mol. The Morgan fingerprint density at radius 1 is 1.10 bits per heavy atom. The summed E-state index contributed by atoms with van der Waals surface area (Å²) < 4.78 is 0. The van der Waals surface area contributed by atoms with Crippen molar-refractivity contribution in [3.8, 4) is 0 Å². The third-order valence-electron chi connectivity index (χ3n) is 5.04. The summed E-state index contributed by atoms with van der Waals surface area (Å²) in [5, 5.41) is 3.44. The van der Waals surface area contributed by atoms with Crippen molar-refractivity contribution < 1.29 is 4.79 Å². The molecule has 0 aromatic rings. The number of nitrogens with zero attached hydrogens (tertiary/aromatic N) is 1. The lowest BCUT2D eigenvalue weighted by Gasteiger charge is -2.35. The van der Waals surface area contributed by atoms with Crippen LogP contribution in [0.2, 0.25) is 0 Å². The Morgan fingerprint density at radius 2 is 1.80 bits per heavy atom. The second-order valence-electron chi connectivity index (χ2n) is 6.69. The second-order valence-corrected chi connectivity index (χ2v) is 6.69. The van der Waals surface area contributed by atoms with Gasteiger partial charge in [0, 0.05) is 18.9 Å². The fourth-order valence-electron chi connectivity index (χ4n) is 3.62. The van der Waals surface area contributed by atoms with Crippen molar-refractivity contribution in [2.75, 3.05) is 32.7 Å². The number of piperidine rings is 2. The maximum absolute atomic E-state index is 12.1. The predicted molar refractivity (Wildman–Crippen MR) is 83.9 cm³/mol. The molecule has 2 saturated heterocycles. The normalized spacial score (nSPS) is 23.1. The zero-order chi connectivity index (χ0) is 14.2. The van der Waals surface area contributed by atoms with Gasteiger partial charge in [0.05, 0.1) is 0 Å². The number of rotatable bonds is 7. The van der Waals surface area contributed by atoms with Gasteiger partial charge in [-0.15, -0.1) is 0 Å². The minimum Gasteiger partial charge on any atom is -0.317 e. The number of nitrogens with one attached hydrogen (secondary N) is 1. The van der Waals surface area contributed by atoms with E-state index in [2.05, 4.69) is 17.1 Å². The van der Waals surface area contributed by atoms with Crippen molar-refractivity contribution in [2.24, 2.45) is 11.8 Å². The molecule has 20 heavy (non-hydrogen) atoms. The van der Waals surface area contributed by atoms with Gasteiger partial charge < -0.3 is 10.2 Å². The lowest BCUT2D eigenvalue weighted by Crippen LogP contribution is -2.41. The van der Waals surface area contributed by atoms with Gasteiger partial charge in [0.1, 0.15) is 5.78 Å². The predicted octanol–water partition coefficient (Wildman–Crippen LogP) is 2.85. The average molecular weight is 280 g/mol. The molecule has 0 atom stereocenters. The van der Waals surface area contributed by atoms with Crippen molar-refractivity contribution in [3.63, 3.8) is 0 Å². The Morgan fingerprint density at radius 3 is 2.45 bits per heavy atom. The molecule has 0 bridgehead atoms. The minimum absolute atomic E-state index is 0.371. The molecule has 2 heterocycles. The number of likely N-dealkylation sites (tertiary alicyclic amines) is 1. The third-order valence-corrected chi connectivity index (χ3v) is 5.04. The molecule has 116 valence electrons. The highest BCUT2D eigenvalue weighted by Crippen LogP contribution is 2.23. The summed E-state index contributed by atoms with van der Waals surface area (Å²) in [6, 6.07) is 0. The molecule has 0 aromatic carbocycles. The number of ketones is 1. The Bertz CT molecular complexity index is 279. The molecule has 2 aliphatic heterocycles. The quantitative estimate of drug-likeness (QED) is 0.728. The van der Waals surface area contributed by atoms with Crippen molar-refractivity contribution in [1.29, 1.82) is 0 Å². The van der Waals surface area contributed by atoms with E-state index in [4.69, 9.17) is 0 Å². The Labute approximate surface area is 124 Å². The molecule has 0 unspecified atom stereocenters. The van der Waals surface area contributed by atoms with E-state index in [1.165, 1.54) is 45.3 Å². The number of hydrogen-bond donors (Lipinski definition) is 1. The van der Waals surface area contributed by atoms with Gasteiger partial charge in [-0.2, -0.15) is 0 Å². The molecule has 1 N–H and O–H groups in total. The van der Waals surface area contributed by atoms with Gasteiger partial charge in [-0.05, 0) is 64.2 Å². The van der Waals surface area contributed by atoms with Crippen LogP contribution in [-0.4, -0.2) is 43.4 Å². The third kappa shape index (κ3) is 5.17. The van der Waals surface area contributed by atoms with Crippen LogP contribution < -0.4 is 5.32 Å². The van der Waals surface area contributed by atoms with Gasteiger partial charge >= 0.3 is 0 Å². The molecular formula is C17H32N2O. The number of unbranched alkanes of at least 4 members (excludes halogenated alkanes) is 2. The lowest BCUT2D eigenvalue weighted by molar-refractivity contribution is -0.124. The maximum atomic E-state index is 12.1. The van der Waals surface area contributed by atoms with Crippen LogP contribution >= 0.6 is 0 Å².